The molecule has 0 radical (unpaired) electrons. The zero-order valence-corrected chi connectivity index (χ0v) is 17.1. The first kappa shape index (κ1) is 21.1. The van der Waals surface area contributed by atoms with Crippen molar-refractivity contribution >= 4 is 21.6 Å². The van der Waals surface area contributed by atoms with Crippen LogP contribution in [0.1, 0.15) is 25.5 Å². The van der Waals surface area contributed by atoms with Gasteiger partial charge in [0, 0.05) is 12.6 Å². The van der Waals surface area contributed by atoms with Gasteiger partial charge in [-0.15, -0.1) is 0 Å². The highest BCUT2D eigenvalue weighted by Gasteiger charge is 2.21. The first-order valence-corrected chi connectivity index (χ1v) is 10.8. The lowest BCUT2D eigenvalue weighted by Gasteiger charge is -2.21. The molecule has 0 saturated heterocycles. The van der Waals surface area contributed by atoms with Crippen LogP contribution < -0.4 is 19.5 Å². The molecule has 3 rings (SSSR count). The van der Waals surface area contributed by atoms with Gasteiger partial charge in [0.15, 0.2) is 6.61 Å². The van der Waals surface area contributed by atoms with E-state index in [9.17, 15) is 13.2 Å². The first-order chi connectivity index (χ1) is 13.9. The number of amides is 1. The molecule has 0 spiro atoms. The predicted octanol–water partition coefficient (Wildman–Crippen LogP) is 2.47. The van der Waals surface area contributed by atoms with Gasteiger partial charge in [0.05, 0.1) is 17.2 Å². The second-order valence-corrected chi connectivity index (χ2v) is 8.17. The monoisotopic (exact) mass is 420 g/mol. The molecule has 1 aliphatic rings. The Labute approximate surface area is 170 Å². The van der Waals surface area contributed by atoms with Crippen molar-refractivity contribution in [3.05, 3.63) is 48.0 Å². The number of fused-ring (bicyclic) bond motifs is 1. The van der Waals surface area contributed by atoms with Crippen LogP contribution in [0.15, 0.2) is 47.4 Å². The Morgan fingerprint density at radius 1 is 1.17 bits per heavy atom. The molecule has 0 aliphatic carbocycles. The van der Waals surface area contributed by atoms with Gasteiger partial charge >= 0.3 is 0 Å². The van der Waals surface area contributed by atoms with E-state index in [2.05, 4.69) is 10.0 Å². The Morgan fingerprint density at radius 3 is 2.66 bits per heavy atom. The molecule has 2 aromatic rings. The third-order valence-electron chi connectivity index (χ3n) is 4.30. The number of hydrogen-bond donors (Lipinski definition) is 2. The van der Waals surface area contributed by atoms with E-state index < -0.39 is 16.1 Å². The van der Waals surface area contributed by atoms with Crippen LogP contribution >= 0.6 is 0 Å². The van der Waals surface area contributed by atoms with E-state index in [0.717, 1.165) is 0 Å². The molecule has 1 amide bonds. The van der Waals surface area contributed by atoms with E-state index >= 15 is 0 Å². The lowest BCUT2D eigenvalue weighted by molar-refractivity contribution is -0.118. The summed E-state index contributed by atoms with van der Waals surface area (Å²) in [5.41, 5.74) is 1.23. The Balaban J connectivity index is 1.65. The van der Waals surface area contributed by atoms with Crippen molar-refractivity contribution < 1.29 is 27.4 Å². The van der Waals surface area contributed by atoms with Gasteiger partial charge in [0.2, 0.25) is 10.0 Å². The van der Waals surface area contributed by atoms with Crippen molar-refractivity contribution in [1.82, 2.24) is 4.72 Å². The number of nitrogens with one attached hydrogen (secondary N) is 2. The van der Waals surface area contributed by atoms with Crippen LogP contribution in [0.2, 0.25) is 0 Å². The predicted molar refractivity (Wildman–Crippen MR) is 108 cm³/mol. The van der Waals surface area contributed by atoms with Gasteiger partial charge in [-0.2, -0.15) is 0 Å². The molecular formula is C20H24N2O6S. The minimum Gasteiger partial charge on any atom is -0.491 e. The third-order valence-corrected chi connectivity index (χ3v) is 5.86. The van der Waals surface area contributed by atoms with E-state index in [1.54, 1.807) is 37.3 Å². The number of benzene rings is 2. The zero-order chi connectivity index (χ0) is 20.9. The van der Waals surface area contributed by atoms with Crippen LogP contribution in [0, 0.1) is 0 Å². The summed E-state index contributed by atoms with van der Waals surface area (Å²) in [5, 5.41) is 2.72. The van der Waals surface area contributed by atoms with E-state index in [-0.39, 0.29) is 17.4 Å². The van der Waals surface area contributed by atoms with Gasteiger partial charge in [-0.3, -0.25) is 4.79 Å². The smallest absolute Gasteiger partial charge is 0.262 e. The van der Waals surface area contributed by atoms with Gasteiger partial charge in [0.1, 0.15) is 18.1 Å². The van der Waals surface area contributed by atoms with Crippen LogP contribution in [0.4, 0.5) is 5.69 Å². The molecule has 2 N–H and O–H groups in total. The van der Waals surface area contributed by atoms with Crippen LogP contribution in [0.3, 0.4) is 0 Å². The van der Waals surface area contributed by atoms with Gasteiger partial charge in [0.25, 0.3) is 5.91 Å². The van der Waals surface area contributed by atoms with Crippen LogP contribution in [-0.4, -0.2) is 40.8 Å². The first-order valence-electron chi connectivity index (χ1n) is 9.28. The Morgan fingerprint density at radius 2 is 1.93 bits per heavy atom. The summed E-state index contributed by atoms with van der Waals surface area (Å²) < 4.78 is 44.1. The van der Waals surface area contributed by atoms with Gasteiger partial charge in [-0.1, -0.05) is 6.07 Å². The molecule has 1 aliphatic heterocycles. The van der Waals surface area contributed by atoms with E-state index in [4.69, 9.17) is 14.2 Å². The lowest BCUT2D eigenvalue weighted by Crippen LogP contribution is -2.28. The molecule has 8 nitrogen and oxygen atoms in total. The average molecular weight is 420 g/mol. The molecule has 29 heavy (non-hydrogen) atoms. The SMILES string of the molecule is CCOCCOc1ccc(S(=O)(=O)NC(C)c2ccc3c(c2)NC(=O)CO3)cc1. The second-order valence-electron chi connectivity index (χ2n) is 6.45. The largest absolute Gasteiger partial charge is 0.491 e. The minimum atomic E-state index is -3.73. The van der Waals surface area contributed by atoms with Gasteiger partial charge in [-0.25, -0.2) is 13.1 Å². The van der Waals surface area contributed by atoms with Gasteiger partial charge < -0.3 is 19.5 Å². The number of anilines is 1. The second kappa shape index (κ2) is 9.25. The summed E-state index contributed by atoms with van der Waals surface area (Å²) in [7, 11) is -3.73. The number of sulfonamides is 1. The molecule has 0 aromatic heterocycles. The molecule has 9 heteroatoms. The van der Waals surface area contributed by atoms with Crippen LogP contribution in [0.5, 0.6) is 11.5 Å². The number of carbonyl (C=O) groups is 1. The molecule has 1 heterocycles. The van der Waals surface area contributed by atoms with Crippen molar-refractivity contribution in [2.24, 2.45) is 0 Å². The fourth-order valence-electron chi connectivity index (χ4n) is 2.82. The van der Waals surface area contributed by atoms with Crippen molar-refractivity contribution in [3.63, 3.8) is 0 Å². The van der Waals surface area contributed by atoms with Gasteiger partial charge in [-0.05, 0) is 55.8 Å². The fourth-order valence-corrected chi connectivity index (χ4v) is 4.05. The standard InChI is InChI=1S/C20H24N2O6S/c1-3-26-10-11-27-16-5-7-17(8-6-16)29(24,25)22-14(2)15-4-9-19-18(12-15)21-20(23)13-28-19/h4-9,12,14,22H,3,10-11,13H2,1-2H3,(H,21,23). The number of hydrogen-bond acceptors (Lipinski definition) is 6. The summed E-state index contributed by atoms with van der Waals surface area (Å²) >= 11 is 0. The quantitative estimate of drug-likeness (QED) is 0.604. The number of ether oxygens (including phenoxy) is 3. The van der Waals surface area contributed by atoms with Crippen molar-refractivity contribution in [3.8, 4) is 11.5 Å². The molecule has 1 atom stereocenters. The minimum absolute atomic E-state index is 0.0279. The summed E-state index contributed by atoms with van der Waals surface area (Å²) in [6.45, 7) is 5.10. The highest BCUT2D eigenvalue weighted by molar-refractivity contribution is 7.89. The highest BCUT2D eigenvalue weighted by atomic mass is 32.2. The molecular weight excluding hydrogens is 396 g/mol. The maximum Gasteiger partial charge on any atom is 0.262 e. The van der Waals surface area contributed by atoms with Crippen molar-refractivity contribution in [1.29, 1.82) is 0 Å². The summed E-state index contributed by atoms with van der Waals surface area (Å²) in [6, 6.07) is 10.9. The average Bonchev–Trinajstić information content (AvgIpc) is 2.70. The van der Waals surface area contributed by atoms with Crippen LogP contribution in [0.25, 0.3) is 0 Å². The molecule has 1 unspecified atom stereocenters. The van der Waals surface area contributed by atoms with Crippen LogP contribution in [-0.2, 0) is 19.6 Å². The maximum absolute atomic E-state index is 12.7. The van der Waals surface area contributed by atoms with E-state index in [0.29, 0.717) is 42.6 Å². The van der Waals surface area contributed by atoms with E-state index in [1.165, 1.54) is 12.1 Å². The Hall–Kier alpha value is -2.62. The molecule has 0 saturated carbocycles. The number of carbonyl (C=O) groups excluding carboxylic acids is 1. The highest BCUT2D eigenvalue weighted by Crippen LogP contribution is 2.31. The fraction of sp³-hybridized carbons (Fsp3) is 0.350. The topological polar surface area (TPSA) is 103 Å². The summed E-state index contributed by atoms with van der Waals surface area (Å²) in [5.74, 6) is 0.886. The summed E-state index contributed by atoms with van der Waals surface area (Å²) in [6.07, 6.45) is 0. The van der Waals surface area contributed by atoms with E-state index in [1.807, 2.05) is 6.92 Å². The maximum atomic E-state index is 12.7. The molecule has 2 aromatic carbocycles. The summed E-state index contributed by atoms with van der Waals surface area (Å²) in [4.78, 5) is 11.6. The van der Waals surface area contributed by atoms with Crippen molar-refractivity contribution in [2.75, 3.05) is 31.7 Å². The third kappa shape index (κ3) is 5.47. The van der Waals surface area contributed by atoms with Crippen molar-refractivity contribution in [2.45, 2.75) is 24.8 Å². The normalized spacial score (nSPS) is 14.5. The molecule has 156 valence electrons. The lowest BCUT2D eigenvalue weighted by atomic mass is 10.1. The Kier molecular flexibility index (Phi) is 6.73. The molecule has 0 bridgehead atoms. The zero-order valence-electron chi connectivity index (χ0n) is 16.3. The number of rotatable bonds is 9. The molecule has 0 fully saturated rings. The Bertz CT molecular complexity index is 959.